The maximum absolute atomic E-state index is 12.2. The monoisotopic (exact) mass is 358 g/mol. The van der Waals surface area contributed by atoms with Crippen LogP contribution < -0.4 is 5.32 Å². The van der Waals surface area contributed by atoms with Crippen molar-refractivity contribution in [2.45, 2.75) is 47.1 Å². The minimum Gasteiger partial charge on any atom is -0.326 e. The second-order valence-corrected chi connectivity index (χ2v) is 6.99. The van der Waals surface area contributed by atoms with Gasteiger partial charge in [0.05, 0.1) is 16.3 Å². The summed E-state index contributed by atoms with van der Waals surface area (Å²) < 4.78 is 2.02. The average molecular weight is 359 g/mol. The zero-order valence-corrected chi connectivity index (χ0v) is 15.8. The summed E-state index contributed by atoms with van der Waals surface area (Å²) in [7, 11) is 0. The molecule has 1 aromatic heterocycles. The summed E-state index contributed by atoms with van der Waals surface area (Å²) in [5.74, 6) is 0.437. The molecule has 0 saturated heterocycles. The van der Waals surface area contributed by atoms with E-state index in [2.05, 4.69) is 31.2 Å². The first-order valence-electron chi connectivity index (χ1n) is 8.34. The average Bonchev–Trinajstić information content (AvgIpc) is 2.79. The smallest absolute Gasteiger partial charge is 0.224 e. The van der Waals surface area contributed by atoms with Gasteiger partial charge < -0.3 is 5.32 Å². The van der Waals surface area contributed by atoms with E-state index in [0.29, 0.717) is 35.0 Å². The first-order valence-corrected chi connectivity index (χ1v) is 8.72. The summed E-state index contributed by atoms with van der Waals surface area (Å²) >= 11 is 5.99. The standard InChI is InChI=1S/C19H23ClN4O/c1-12(2)11-24-14(4)17(13(3)23-24)7-8-19(25)22-16-6-5-15(10-21)18(20)9-16/h5-6,9,12H,7-8,11H2,1-4H3,(H,22,25). The summed E-state index contributed by atoms with van der Waals surface area (Å²) in [5.41, 5.74) is 4.22. The maximum Gasteiger partial charge on any atom is 0.224 e. The lowest BCUT2D eigenvalue weighted by molar-refractivity contribution is -0.116. The zero-order chi connectivity index (χ0) is 18.6. The van der Waals surface area contributed by atoms with E-state index in [1.807, 2.05) is 17.7 Å². The Morgan fingerprint density at radius 3 is 2.72 bits per heavy atom. The normalized spacial score (nSPS) is 10.8. The van der Waals surface area contributed by atoms with Gasteiger partial charge in [-0.05, 0) is 49.9 Å². The Morgan fingerprint density at radius 1 is 1.40 bits per heavy atom. The first-order chi connectivity index (χ1) is 11.8. The lowest BCUT2D eigenvalue weighted by Crippen LogP contribution is -2.13. The van der Waals surface area contributed by atoms with Gasteiger partial charge in [0.15, 0.2) is 0 Å². The third-order valence-electron chi connectivity index (χ3n) is 4.04. The minimum absolute atomic E-state index is 0.0869. The van der Waals surface area contributed by atoms with E-state index in [-0.39, 0.29) is 5.91 Å². The quantitative estimate of drug-likeness (QED) is 0.838. The van der Waals surface area contributed by atoms with Crippen molar-refractivity contribution >= 4 is 23.2 Å². The molecule has 0 aliphatic carbocycles. The molecule has 1 N–H and O–H groups in total. The van der Waals surface area contributed by atoms with Gasteiger partial charge in [-0.3, -0.25) is 9.48 Å². The Bertz CT molecular complexity index is 818. The van der Waals surface area contributed by atoms with Crippen LogP contribution in [0.2, 0.25) is 5.02 Å². The minimum atomic E-state index is -0.0869. The fourth-order valence-electron chi connectivity index (χ4n) is 2.76. The van der Waals surface area contributed by atoms with Gasteiger partial charge in [-0.15, -0.1) is 0 Å². The van der Waals surface area contributed by atoms with Crippen LogP contribution in [-0.2, 0) is 17.8 Å². The molecule has 0 fully saturated rings. The van der Waals surface area contributed by atoms with Crippen LogP contribution >= 0.6 is 11.6 Å². The van der Waals surface area contributed by atoms with E-state index in [9.17, 15) is 4.79 Å². The Labute approximate surface area is 153 Å². The number of nitrogens with one attached hydrogen (secondary N) is 1. The zero-order valence-electron chi connectivity index (χ0n) is 15.1. The molecule has 1 amide bonds. The molecule has 2 rings (SSSR count). The second-order valence-electron chi connectivity index (χ2n) is 6.58. The van der Waals surface area contributed by atoms with Gasteiger partial charge in [-0.1, -0.05) is 25.4 Å². The molecule has 0 aliphatic heterocycles. The number of nitriles is 1. The van der Waals surface area contributed by atoms with Gasteiger partial charge in [0.1, 0.15) is 6.07 Å². The molecule has 0 bridgehead atoms. The number of carbonyl (C=O) groups excluding carboxylic acids is 1. The number of nitrogens with zero attached hydrogens (tertiary/aromatic N) is 3. The summed E-state index contributed by atoms with van der Waals surface area (Å²) in [4.78, 5) is 12.2. The van der Waals surface area contributed by atoms with E-state index in [0.717, 1.165) is 23.5 Å². The summed E-state index contributed by atoms with van der Waals surface area (Å²) in [6.07, 6.45) is 1.01. The molecule has 2 aromatic rings. The van der Waals surface area contributed by atoms with E-state index in [1.54, 1.807) is 18.2 Å². The van der Waals surface area contributed by atoms with Gasteiger partial charge in [0, 0.05) is 24.3 Å². The molecule has 6 heteroatoms. The number of aromatic nitrogens is 2. The Kier molecular flexibility index (Phi) is 6.22. The van der Waals surface area contributed by atoms with Gasteiger partial charge in [-0.25, -0.2) is 0 Å². The highest BCUT2D eigenvalue weighted by atomic mass is 35.5. The van der Waals surface area contributed by atoms with Crippen LogP contribution in [0, 0.1) is 31.1 Å². The van der Waals surface area contributed by atoms with Crippen molar-refractivity contribution in [3.63, 3.8) is 0 Å². The highest BCUT2D eigenvalue weighted by molar-refractivity contribution is 6.32. The summed E-state index contributed by atoms with van der Waals surface area (Å²) in [5, 5.41) is 16.6. The highest BCUT2D eigenvalue weighted by Crippen LogP contribution is 2.21. The third kappa shape index (κ3) is 4.83. The Morgan fingerprint density at radius 2 is 2.12 bits per heavy atom. The Balaban J connectivity index is 2.00. The van der Waals surface area contributed by atoms with Crippen molar-refractivity contribution in [3.05, 3.63) is 45.7 Å². The van der Waals surface area contributed by atoms with E-state index in [1.165, 1.54) is 0 Å². The van der Waals surface area contributed by atoms with E-state index in [4.69, 9.17) is 16.9 Å². The molecule has 0 saturated carbocycles. The van der Waals surface area contributed by atoms with Gasteiger partial charge >= 0.3 is 0 Å². The predicted octanol–water partition coefficient (Wildman–Crippen LogP) is 4.25. The van der Waals surface area contributed by atoms with Crippen molar-refractivity contribution in [1.82, 2.24) is 9.78 Å². The van der Waals surface area contributed by atoms with Crippen molar-refractivity contribution < 1.29 is 4.79 Å². The van der Waals surface area contributed by atoms with Gasteiger partial charge in [-0.2, -0.15) is 10.4 Å². The van der Waals surface area contributed by atoms with Crippen LogP contribution in [0.1, 0.15) is 42.8 Å². The molecule has 25 heavy (non-hydrogen) atoms. The molecule has 0 spiro atoms. The molecule has 0 radical (unpaired) electrons. The predicted molar refractivity (Wildman–Crippen MR) is 99.7 cm³/mol. The van der Waals surface area contributed by atoms with Gasteiger partial charge in [0.2, 0.25) is 5.91 Å². The van der Waals surface area contributed by atoms with Gasteiger partial charge in [0.25, 0.3) is 0 Å². The molecule has 132 valence electrons. The van der Waals surface area contributed by atoms with Crippen molar-refractivity contribution in [2.24, 2.45) is 5.92 Å². The fraction of sp³-hybridized carbons (Fsp3) is 0.421. The number of halogens is 1. The SMILES string of the molecule is Cc1nn(CC(C)C)c(C)c1CCC(=O)Nc1ccc(C#N)c(Cl)c1. The van der Waals surface area contributed by atoms with Crippen LogP contribution in [0.3, 0.4) is 0 Å². The van der Waals surface area contributed by atoms with E-state index < -0.39 is 0 Å². The number of rotatable bonds is 6. The summed E-state index contributed by atoms with van der Waals surface area (Å²) in [6, 6.07) is 6.87. The first kappa shape index (κ1) is 19.0. The largest absolute Gasteiger partial charge is 0.326 e. The van der Waals surface area contributed by atoms with Crippen molar-refractivity contribution in [2.75, 3.05) is 5.32 Å². The molecule has 1 heterocycles. The molecular weight excluding hydrogens is 336 g/mol. The molecule has 1 aromatic carbocycles. The number of benzene rings is 1. The third-order valence-corrected chi connectivity index (χ3v) is 4.36. The molecular formula is C19H23ClN4O. The number of hydrogen-bond donors (Lipinski definition) is 1. The number of anilines is 1. The van der Waals surface area contributed by atoms with E-state index >= 15 is 0 Å². The lowest BCUT2D eigenvalue weighted by atomic mass is 10.1. The number of carbonyl (C=O) groups is 1. The molecule has 0 aliphatic rings. The van der Waals surface area contributed by atoms with Crippen LogP contribution in [0.25, 0.3) is 0 Å². The molecule has 5 nitrogen and oxygen atoms in total. The van der Waals surface area contributed by atoms with Crippen LogP contribution in [0.15, 0.2) is 18.2 Å². The van der Waals surface area contributed by atoms with Crippen molar-refractivity contribution in [3.8, 4) is 6.07 Å². The van der Waals surface area contributed by atoms with Crippen LogP contribution in [0.4, 0.5) is 5.69 Å². The molecule has 0 unspecified atom stereocenters. The second kappa shape index (κ2) is 8.17. The highest BCUT2D eigenvalue weighted by Gasteiger charge is 2.14. The fourth-order valence-corrected chi connectivity index (χ4v) is 2.99. The topological polar surface area (TPSA) is 70.7 Å². The Hall–Kier alpha value is -2.32. The number of hydrogen-bond acceptors (Lipinski definition) is 3. The molecule has 0 atom stereocenters. The van der Waals surface area contributed by atoms with Crippen LogP contribution in [-0.4, -0.2) is 15.7 Å². The lowest BCUT2D eigenvalue weighted by Gasteiger charge is -2.08. The summed E-state index contributed by atoms with van der Waals surface area (Å²) in [6.45, 7) is 9.23. The van der Waals surface area contributed by atoms with Crippen molar-refractivity contribution in [1.29, 1.82) is 5.26 Å². The maximum atomic E-state index is 12.2. The number of aryl methyl sites for hydroxylation is 1. The van der Waals surface area contributed by atoms with Crippen LogP contribution in [0.5, 0.6) is 0 Å². The number of amides is 1.